The van der Waals surface area contributed by atoms with Crippen molar-refractivity contribution in [2.45, 2.75) is 77.2 Å². The molecule has 5 N–H and O–H groups in total. The lowest BCUT2D eigenvalue weighted by molar-refractivity contribution is -0.176. The highest BCUT2D eigenvalue weighted by Crippen LogP contribution is 2.57. The molecule has 0 aromatic rings. The molecule has 2 heterocycles. The van der Waals surface area contributed by atoms with Crippen LogP contribution >= 0.6 is 0 Å². The van der Waals surface area contributed by atoms with E-state index in [0.29, 0.717) is 18.9 Å². The Hall–Kier alpha value is -2.86. The third kappa shape index (κ3) is 5.33. The minimum Gasteiger partial charge on any atom is -0.368 e. The maximum Gasteiger partial charge on any atom is 0.471 e. The molecule has 2 aliphatic carbocycles. The molecule has 0 aromatic carbocycles. The summed E-state index contributed by atoms with van der Waals surface area (Å²) in [5.74, 6) is -4.89. The van der Waals surface area contributed by atoms with Crippen LogP contribution in [0.4, 0.5) is 13.2 Å². The van der Waals surface area contributed by atoms with Crippen molar-refractivity contribution in [3.63, 3.8) is 0 Å². The number of rotatable bonds is 7. The SMILES string of the molecule is CC(C)(C)[C@H](NC(=O)C(F)(F)F)C(=O)N1C[C@@H]2C3CCC(C3)[C@@H]2[C@H]1C(=O)N[C@@H](C[C@@H]1CCNC1=O)C(N)=O. The number of alkyl halides is 3. The molecule has 0 spiro atoms. The Morgan fingerprint density at radius 1 is 1.08 bits per heavy atom. The summed E-state index contributed by atoms with van der Waals surface area (Å²) in [6.07, 6.45) is -1.92. The van der Waals surface area contributed by atoms with E-state index >= 15 is 0 Å². The number of nitrogens with one attached hydrogen (secondary N) is 3. The molecule has 4 aliphatic rings. The zero-order valence-electron chi connectivity index (χ0n) is 21.8. The van der Waals surface area contributed by atoms with Crippen molar-refractivity contribution in [1.29, 1.82) is 0 Å². The fourth-order valence-corrected chi connectivity index (χ4v) is 6.99. The number of hydrogen-bond acceptors (Lipinski definition) is 5. The Labute approximate surface area is 219 Å². The second-order valence-electron chi connectivity index (χ2n) is 12.3. The van der Waals surface area contributed by atoms with Crippen molar-refractivity contribution in [2.24, 2.45) is 40.7 Å². The van der Waals surface area contributed by atoms with Gasteiger partial charge in [0.25, 0.3) is 0 Å². The molecule has 2 aliphatic heterocycles. The molecule has 5 amide bonds. The fraction of sp³-hybridized carbons (Fsp3) is 0.800. The van der Waals surface area contributed by atoms with Gasteiger partial charge in [0, 0.05) is 19.0 Å². The summed E-state index contributed by atoms with van der Waals surface area (Å²) in [6, 6.07) is -3.69. The lowest BCUT2D eigenvalue weighted by atomic mass is 9.78. The van der Waals surface area contributed by atoms with Crippen molar-refractivity contribution >= 4 is 29.5 Å². The van der Waals surface area contributed by atoms with Gasteiger partial charge in [0.05, 0.1) is 0 Å². The minimum atomic E-state index is -5.18. The second kappa shape index (κ2) is 10.0. The number of halogens is 3. The van der Waals surface area contributed by atoms with Gasteiger partial charge in [0.2, 0.25) is 23.6 Å². The molecule has 4 fully saturated rings. The van der Waals surface area contributed by atoms with E-state index < -0.39 is 59.3 Å². The first-order valence-corrected chi connectivity index (χ1v) is 13.1. The van der Waals surface area contributed by atoms with Crippen LogP contribution in [-0.4, -0.2) is 71.8 Å². The topological polar surface area (TPSA) is 151 Å². The van der Waals surface area contributed by atoms with Crippen LogP contribution in [0.3, 0.4) is 0 Å². The lowest BCUT2D eigenvalue weighted by Gasteiger charge is -2.37. The molecule has 0 aromatic heterocycles. The number of fused-ring (bicyclic) bond motifs is 5. The van der Waals surface area contributed by atoms with E-state index in [2.05, 4.69) is 10.6 Å². The van der Waals surface area contributed by atoms with Gasteiger partial charge in [0.15, 0.2) is 0 Å². The van der Waals surface area contributed by atoms with Crippen LogP contribution in [0, 0.1) is 35.0 Å². The fourth-order valence-electron chi connectivity index (χ4n) is 6.99. The summed E-state index contributed by atoms with van der Waals surface area (Å²) in [7, 11) is 0. The van der Waals surface area contributed by atoms with Crippen molar-refractivity contribution in [3.05, 3.63) is 0 Å². The Morgan fingerprint density at radius 3 is 2.29 bits per heavy atom. The molecule has 2 saturated carbocycles. The molecule has 2 saturated heterocycles. The summed E-state index contributed by atoms with van der Waals surface area (Å²) < 4.78 is 39.2. The Kier molecular flexibility index (Phi) is 7.43. The van der Waals surface area contributed by atoms with E-state index in [0.717, 1.165) is 19.3 Å². The maximum atomic E-state index is 13.8. The average Bonchev–Trinajstić information content (AvgIpc) is 3.57. The van der Waals surface area contributed by atoms with Gasteiger partial charge < -0.3 is 26.6 Å². The van der Waals surface area contributed by atoms with Crippen LogP contribution in [0.1, 0.15) is 52.9 Å². The molecule has 0 radical (unpaired) electrons. The zero-order chi connectivity index (χ0) is 28.2. The van der Waals surface area contributed by atoms with Crippen LogP contribution in [0.5, 0.6) is 0 Å². The minimum absolute atomic E-state index is 0.0000222. The van der Waals surface area contributed by atoms with Gasteiger partial charge in [-0.25, -0.2) is 0 Å². The summed E-state index contributed by atoms with van der Waals surface area (Å²) in [5.41, 5.74) is 4.47. The first kappa shape index (κ1) is 28.2. The monoisotopic (exact) mass is 543 g/mol. The van der Waals surface area contributed by atoms with Crippen LogP contribution in [-0.2, 0) is 24.0 Å². The number of carbonyl (C=O) groups is 5. The first-order chi connectivity index (χ1) is 17.6. The number of nitrogens with two attached hydrogens (primary N) is 1. The van der Waals surface area contributed by atoms with Gasteiger partial charge in [-0.05, 0) is 61.2 Å². The van der Waals surface area contributed by atoms with E-state index in [1.54, 1.807) is 0 Å². The summed E-state index contributed by atoms with van der Waals surface area (Å²) in [6.45, 7) is 5.26. The molecular formula is C25H36F3N5O5. The lowest BCUT2D eigenvalue weighted by Crippen LogP contribution is -2.61. The molecule has 2 bridgehead atoms. The number of carbonyl (C=O) groups excluding carboxylic acids is 5. The maximum absolute atomic E-state index is 13.8. The summed E-state index contributed by atoms with van der Waals surface area (Å²) in [4.78, 5) is 64.9. The van der Waals surface area contributed by atoms with Gasteiger partial charge >= 0.3 is 12.1 Å². The molecule has 2 unspecified atom stereocenters. The third-order valence-corrected chi connectivity index (χ3v) is 8.81. The molecule has 4 rings (SSSR count). The Morgan fingerprint density at radius 2 is 1.74 bits per heavy atom. The van der Waals surface area contributed by atoms with Crippen molar-refractivity contribution < 1.29 is 37.1 Å². The van der Waals surface area contributed by atoms with Gasteiger partial charge in [-0.3, -0.25) is 24.0 Å². The van der Waals surface area contributed by atoms with E-state index in [9.17, 15) is 37.1 Å². The standard InChI is InChI=1S/C25H36F3N5O5/c1-24(2,3)18(32-23(38)25(26,27)28)22(37)33-10-14-11-4-5-12(8-11)16(14)17(33)21(36)31-15(19(29)34)9-13-6-7-30-20(13)35/h11-18H,4-10H2,1-3H3,(H2,29,34)(H,30,35)(H,31,36)(H,32,38)/t11?,12?,13-,14+,15-,16-,17-,18+/m0/s1. The van der Waals surface area contributed by atoms with Gasteiger partial charge in [0.1, 0.15) is 18.1 Å². The first-order valence-electron chi connectivity index (χ1n) is 13.1. The van der Waals surface area contributed by atoms with Crippen molar-refractivity contribution in [1.82, 2.24) is 20.9 Å². The van der Waals surface area contributed by atoms with E-state index in [1.807, 2.05) is 5.32 Å². The second-order valence-corrected chi connectivity index (χ2v) is 12.3. The summed E-state index contributed by atoms with van der Waals surface area (Å²) >= 11 is 0. The molecule has 212 valence electrons. The predicted molar refractivity (Wildman–Crippen MR) is 128 cm³/mol. The van der Waals surface area contributed by atoms with E-state index in [-0.39, 0.29) is 36.6 Å². The Bertz CT molecular complexity index is 1010. The largest absolute Gasteiger partial charge is 0.471 e. The summed E-state index contributed by atoms with van der Waals surface area (Å²) in [5, 5.41) is 7.17. The van der Waals surface area contributed by atoms with Crippen LogP contribution in [0.25, 0.3) is 0 Å². The number of hydrogen-bond donors (Lipinski definition) is 4. The normalized spacial score (nSPS) is 31.9. The average molecular weight is 544 g/mol. The smallest absolute Gasteiger partial charge is 0.368 e. The number of likely N-dealkylation sites (tertiary alicyclic amines) is 1. The Balaban J connectivity index is 1.60. The van der Waals surface area contributed by atoms with Crippen molar-refractivity contribution in [3.8, 4) is 0 Å². The number of primary amides is 1. The highest BCUT2D eigenvalue weighted by atomic mass is 19.4. The van der Waals surface area contributed by atoms with Crippen LogP contribution in [0.15, 0.2) is 0 Å². The molecule has 10 nitrogen and oxygen atoms in total. The molecule has 13 heteroatoms. The highest BCUT2D eigenvalue weighted by Gasteiger charge is 2.60. The number of amides is 5. The van der Waals surface area contributed by atoms with E-state index in [1.165, 1.54) is 25.7 Å². The van der Waals surface area contributed by atoms with Gasteiger partial charge in [-0.15, -0.1) is 0 Å². The quantitative estimate of drug-likeness (QED) is 0.368. The van der Waals surface area contributed by atoms with E-state index in [4.69, 9.17) is 5.73 Å². The molecule has 38 heavy (non-hydrogen) atoms. The van der Waals surface area contributed by atoms with Gasteiger partial charge in [-0.1, -0.05) is 20.8 Å². The van der Waals surface area contributed by atoms with Gasteiger partial charge in [-0.2, -0.15) is 13.2 Å². The molecule has 8 atom stereocenters. The van der Waals surface area contributed by atoms with Crippen LogP contribution < -0.4 is 21.7 Å². The highest BCUT2D eigenvalue weighted by molar-refractivity contribution is 5.96. The third-order valence-electron chi connectivity index (χ3n) is 8.81. The number of nitrogens with zero attached hydrogens (tertiary/aromatic N) is 1. The molecular weight excluding hydrogens is 507 g/mol. The van der Waals surface area contributed by atoms with Crippen molar-refractivity contribution in [2.75, 3.05) is 13.1 Å². The van der Waals surface area contributed by atoms with Crippen LogP contribution in [0.2, 0.25) is 0 Å². The predicted octanol–water partition coefficient (Wildman–Crippen LogP) is 0.449. The zero-order valence-corrected chi connectivity index (χ0v) is 21.8.